The number of ketones is 1. The molecule has 1 aromatic heterocycles. The van der Waals surface area contributed by atoms with Gasteiger partial charge in [0.25, 0.3) is 11.5 Å². The molecule has 1 amide bonds. The number of hydrogen-bond acceptors (Lipinski definition) is 7. The van der Waals surface area contributed by atoms with E-state index in [4.69, 9.17) is 4.74 Å². The predicted molar refractivity (Wildman–Crippen MR) is 115 cm³/mol. The van der Waals surface area contributed by atoms with Crippen molar-refractivity contribution in [1.29, 1.82) is 0 Å². The van der Waals surface area contributed by atoms with Crippen molar-refractivity contribution >= 4 is 29.0 Å². The molecule has 9 nitrogen and oxygen atoms in total. The van der Waals surface area contributed by atoms with Crippen molar-refractivity contribution in [3.05, 3.63) is 99.7 Å². The van der Waals surface area contributed by atoms with Crippen LogP contribution in [0.3, 0.4) is 0 Å². The molecule has 9 heteroatoms. The highest BCUT2D eigenvalue weighted by molar-refractivity contribution is 6.51. The second-order valence-corrected chi connectivity index (χ2v) is 6.94. The highest BCUT2D eigenvalue weighted by Crippen LogP contribution is 2.42. The number of nitrogens with zero attached hydrogens (tertiary/aromatic N) is 3. The van der Waals surface area contributed by atoms with Crippen LogP contribution in [0, 0.1) is 10.1 Å². The third-order valence-corrected chi connectivity index (χ3v) is 5.10. The van der Waals surface area contributed by atoms with Crippen LogP contribution in [0.1, 0.15) is 17.2 Å². The molecule has 1 fully saturated rings. The van der Waals surface area contributed by atoms with Crippen LogP contribution in [0.2, 0.25) is 0 Å². The predicted octanol–water partition coefficient (Wildman–Crippen LogP) is 3.62. The van der Waals surface area contributed by atoms with Crippen molar-refractivity contribution in [2.75, 3.05) is 12.0 Å². The van der Waals surface area contributed by atoms with Crippen LogP contribution in [0.25, 0.3) is 5.76 Å². The summed E-state index contributed by atoms with van der Waals surface area (Å²) in [5.74, 6) is -1.48. The number of methoxy groups -OCH3 is 1. The average Bonchev–Trinajstić information content (AvgIpc) is 3.09. The van der Waals surface area contributed by atoms with E-state index in [1.54, 1.807) is 48.5 Å². The van der Waals surface area contributed by atoms with Gasteiger partial charge in [-0.1, -0.05) is 18.2 Å². The van der Waals surface area contributed by atoms with Crippen molar-refractivity contribution < 1.29 is 24.4 Å². The largest absolute Gasteiger partial charge is 0.507 e. The first-order valence-electron chi connectivity index (χ1n) is 9.53. The summed E-state index contributed by atoms with van der Waals surface area (Å²) in [5.41, 5.74) is 0.184. The number of benzene rings is 2. The molecule has 0 radical (unpaired) electrons. The van der Waals surface area contributed by atoms with Crippen molar-refractivity contribution in [2.45, 2.75) is 6.04 Å². The van der Waals surface area contributed by atoms with E-state index in [9.17, 15) is 24.8 Å². The maximum Gasteiger partial charge on any atom is 0.301 e. The molecule has 1 atom stereocenters. The Morgan fingerprint density at radius 1 is 1.09 bits per heavy atom. The molecule has 0 saturated carbocycles. The molecule has 160 valence electrons. The van der Waals surface area contributed by atoms with Crippen molar-refractivity contribution in [3.63, 3.8) is 0 Å². The van der Waals surface area contributed by atoms with Crippen LogP contribution in [0.5, 0.6) is 5.75 Å². The van der Waals surface area contributed by atoms with Gasteiger partial charge in [0.15, 0.2) is 0 Å². The fourth-order valence-electron chi connectivity index (χ4n) is 3.59. The molecule has 1 aliphatic heterocycles. The zero-order chi connectivity index (χ0) is 22.8. The van der Waals surface area contributed by atoms with E-state index >= 15 is 0 Å². The van der Waals surface area contributed by atoms with E-state index in [0.717, 1.165) is 4.90 Å². The Morgan fingerprint density at radius 3 is 2.47 bits per heavy atom. The molecule has 4 rings (SSSR count). The van der Waals surface area contributed by atoms with Crippen LogP contribution in [0.15, 0.2) is 78.5 Å². The SMILES string of the molecule is COc1ccc(C(O)=C2C(=O)C(=O)N(c3ccccn3)[C@@H]2c2cccc([N+](=O)[O-])c2)cc1. The summed E-state index contributed by atoms with van der Waals surface area (Å²) in [6, 6.07) is 15.6. The molecule has 0 aliphatic carbocycles. The van der Waals surface area contributed by atoms with Crippen molar-refractivity contribution in [3.8, 4) is 5.75 Å². The lowest BCUT2D eigenvalue weighted by Gasteiger charge is -2.24. The topological polar surface area (TPSA) is 123 Å². The molecule has 1 N–H and O–H groups in total. The Kier molecular flexibility index (Phi) is 5.38. The molecule has 0 bridgehead atoms. The third-order valence-electron chi connectivity index (χ3n) is 5.10. The molecule has 0 unspecified atom stereocenters. The lowest BCUT2D eigenvalue weighted by Crippen LogP contribution is -2.30. The highest BCUT2D eigenvalue weighted by Gasteiger charge is 2.47. The van der Waals surface area contributed by atoms with Crippen molar-refractivity contribution in [1.82, 2.24) is 4.98 Å². The van der Waals surface area contributed by atoms with Gasteiger partial charge in [-0.05, 0) is 42.0 Å². The minimum atomic E-state index is -1.10. The Hall–Kier alpha value is -4.53. The van der Waals surface area contributed by atoms with Crippen molar-refractivity contribution in [2.24, 2.45) is 0 Å². The second-order valence-electron chi connectivity index (χ2n) is 6.94. The first-order valence-corrected chi connectivity index (χ1v) is 9.53. The Labute approximate surface area is 182 Å². The van der Waals surface area contributed by atoms with Gasteiger partial charge in [-0.25, -0.2) is 4.98 Å². The number of nitro benzene ring substituents is 1. The number of amides is 1. The zero-order valence-corrected chi connectivity index (χ0v) is 16.8. The van der Waals surface area contributed by atoms with E-state index < -0.39 is 28.4 Å². The lowest BCUT2D eigenvalue weighted by molar-refractivity contribution is -0.384. The van der Waals surface area contributed by atoms with Gasteiger partial charge in [0.05, 0.1) is 23.6 Å². The summed E-state index contributed by atoms with van der Waals surface area (Å²) < 4.78 is 5.11. The van der Waals surface area contributed by atoms with Crippen LogP contribution < -0.4 is 9.64 Å². The number of anilines is 1. The molecule has 2 aromatic carbocycles. The molecule has 32 heavy (non-hydrogen) atoms. The number of carbonyl (C=O) groups is 2. The van der Waals surface area contributed by atoms with Gasteiger partial charge in [0.2, 0.25) is 0 Å². The number of ether oxygens (including phenoxy) is 1. The fourth-order valence-corrected chi connectivity index (χ4v) is 3.59. The van der Waals surface area contributed by atoms with Gasteiger partial charge in [0, 0.05) is 23.9 Å². The second kappa shape index (κ2) is 8.31. The maximum absolute atomic E-state index is 13.0. The number of nitro groups is 1. The molecule has 1 aliphatic rings. The number of rotatable bonds is 5. The average molecular weight is 431 g/mol. The summed E-state index contributed by atoms with van der Waals surface area (Å²) in [5, 5.41) is 22.3. The summed E-state index contributed by atoms with van der Waals surface area (Å²) in [6.45, 7) is 0. The highest BCUT2D eigenvalue weighted by atomic mass is 16.6. The number of carbonyl (C=O) groups excluding carboxylic acids is 2. The molecule has 3 aromatic rings. The number of aliphatic hydroxyl groups is 1. The van der Waals surface area contributed by atoms with Gasteiger partial charge in [-0.15, -0.1) is 0 Å². The zero-order valence-electron chi connectivity index (χ0n) is 16.8. The van der Waals surface area contributed by atoms with E-state index in [2.05, 4.69) is 4.98 Å². The summed E-state index contributed by atoms with van der Waals surface area (Å²) >= 11 is 0. The molecular formula is C23H17N3O6. The number of pyridine rings is 1. The number of hydrogen-bond donors (Lipinski definition) is 1. The quantitative estimate of drug-likeness (QED) is 0.215. The Bertz CT molecular complexity index is 1240. The molecule has 2 heterocycles. The first kappa shape index (κ1) is 20.7. The van der Waals surface area contributed by atoms with Gasteiger partial charge in [0.1, 0.15) is 17.3 Å². The van der Waals surface area contributed by atoms with Crippen LogP contribution in [-0.4, -0.2) is 33.8 Å². The van der Waals surface area contributed by atoms with Gasteiger partial charge in [-0.2, -0.15) is 0 Å². The maximum atomic E-state index is 13.0. The standard InChI is InChI=1S/C23H17N3O6/c1-32-17-10-8-14(9-11-17)21(27)19-20(15-5-4-6-16(13-15)26(30)31)25(23(29)22(19)28)18-7-2-3-12-24-18/h2-13,20,27H,1H3/t20-/m1/s1. The monoisotopic (exact) mass is 431 g/mol. The van der Waals surface area contributed by atoms with Crippen LogP contribution in [0.4, 0.5) is 11.5 Å². The molecular weight excluding hydrogens is 414 g/mol. The summed E-state index contributed by atoms with van der Waals surface area (Å²) in [6.07, 6.45) is 1.46. The Morgan fingerprint density at radius 2 is 1.84 bits per heavy atom. The van der Waals surface area contributed by atoms with E-state index in [-0.39, 0.29) is 17.1 Å². The molecule has 1 saturated heterocycles. The van der Waals surface area contributed by atoms with Gasteiger partial charge < -0.3 is 9.84 Å². The minimum absolute atomic E-state index is 0.180. The number of non-ortho nitro benzene ring substituents is 1. The first-order chi connectivity index (χ1) is 15.4. The Balaban J connectivity index is 1.94. The summed E-state index contributed by atoms with van der Waals surface area (Å²) in [7, 11) is 1.50. The lowest BCUT2D eigenvalue weighted by atomic mass is 9.95. The van der Waals surface area contributed by atoms with E-state index in [1.807, 2.05) is 0 Å². The summed E-state index contributed by atoms with van der Waals surface area (Å²) in [4.78, 5) is 42.1. The minimum Gasteiger partial charge on any atom is -0.507 e. The number of aromatic nitrogens is 1. The van der Waals surface area contributed by atoms with E-state index in [1.165, 1.54) is 31.5 Å². The fraction of sp³-hybridized carbons (Fsp3) is 0.0870. The van der Waals surface area contributed by atoms with Crippen LogP contribution >= 0.6 is 0 Å². The number of aliphatic hydroxyl groups excluding tert-OH is 1. The van der Waals surface area contributed by atoms with Crippen LogP contribution in [-0.2, 0) is 9.59 Å². The van der Waals surface area contributed by atoms with Gasteiger partial charge in [-0.3, -0.25) is 24.6 Å². The smallest absolute Gasteiger partial charge is 0.301 e. The van der Waals surface area contributed by atoms with E-state index in [0.29, 0.717) is 16.9 Å². The normalized spacial score (nSPS) is 17.4. The molecule has 0 spiro atoms. The number of Topliss-reactive ketones (excluding diaryl/α,β-unsaturated/α-hetero) is 1. The van der Waals surface area contributed by atoms with Gasteiger partial charge >= 0.3 is 5.91 Å². The third kappa shape index (κ3) is 3.56.